The smallest absolute Gasteiger partial charge is 0.323 e. The lowest BCUT2D eigenvalue weighted by molar-refractivity contribution is -0.135. The summed E-state index contributed by atoms with van der Waals surface area (Å²) in [6, 6.07) is 17.1. The molecule has 0 saturated carbocycles. The van der Waals surface area contributed by atoms with Crippen LogP contribution in [0.1, 0.15) is 44.1 Å². The van der Waals surface area contributed by atoms with Crippen LogP contribution in [0.5, 0.6) is 0 Å². The highest BCUT2D eigenvalue weighted by molar-refractivity contribution is 6.12. The van der Waals surface area contributed by atoms with E-state index in [4.69, 9.17) is 11.1 Å². The number of carbonyl (C=O) groups excluding carboxylic acids is 2. The number of carboxylic acids is 1. The molecule has 4 aromatic rings. The first kappa shape index (κ1) is 27.1. The Hall–Kier alpha value is -4.50. The van der Waals surface area contributed by atoms with E-state index in [0.29, 0.717) is 39.8 Å². The van der Waals surface area contributed by atoms with Crippen molar-refractivity contribution in [2.24, 2.45) is 5.73 Å². The Morgan fingerprint density at radius 3 is 2.43 bits per heavy atom. The van der Waals surface area contributed by atoms with Crippen molar-refractivity contribution in [2.45, 2.75) is 19.8 Å². The molecule has 0 unspecified atom stereocenters. The van der Waals surface area contributed by atoms with E-state index in [-0.39, 0.29) is 36.1 Å². The quantitative estimate of drug-likeness (QED) is 0.148. The lowest BCUT2D eigenvalue weighted by Crippen LogP contribution is -2.36. The van der Waals surface area contributed by atoms with Gasteiger partial charge >= 0.3 is 5.97 Å². The number of amidine groups is 1. The monoisotopic (exact) mass is 519 g/mol. The topological polar surface area (TPSA) is 153 Å². The third-order valence-electron chi connectivity index (χ3n) is 5.89. The van der Waals surface area contributed by atoms with Crippen LogP contribution >= 0.6 is 12.4 Å². The molecule has 0 aliphatic carbocycles. The second kappa shape index (κ2) is 11.5. The molecule has 5 N–H and O–H groups in total. The number of benzene rings is 2. The first-order valence-electron chi connectivity index (χ1n) is 11.3. The van der Waals surface area contributed by atoms with Gasteiger partial charge in [-0.3, -0.25) is 29.7 Å². The number of aliphatic carboxylic acids is 1. The zero-order chi connectivity index (χ0) is 25.8. The number of aromatic amines is 1. The van der Waals surface area contributed by atoms with Crippen molar-refractivity contribution in [1.29, 1.82) is 5.41 Å². The van der Waals surface area contributed by atoms with Crippen molar-refractivity contribution in [1.82, 2.24) is 9.97 Å². The zero-order valence-electron chi connectivity index (χ0n) is 20.0. The first-order chi connectivity index (χ1) is 17.2. The number of amides is 1. The Bertz CT molecular complexity index is 1470. The number of hydrogen-bond acceptors (Lipinski definition) is 5. The van der Waals surface area contributed by atoms with Crippen molar-refractivity contribution < 1.29 is 19.5 Å². The van der Waals surface area contributed by atoms with E-state index >= 15 is 0 Å². The molecular formula is C27H26ClN5O4. The summed E-state index contributed by atoms with van der Waals surface area (Å²) in [6.07, 6.45) is 2.23. The second-order valence-corrected chi connectivity index (χ2v) is 8.39. The van der Waals surface area contributed by atoms with Gasteiger partial charge in [-0.1, -0.05) is 30.3 Å². The van der Waals surface area contributed by atoms with Crippen LogP contribution in [0.15, 0.2) is 66.9 Å². The van der Waals surface area contributed by atoms with Crippen LogP contribution < -0.4 is 10.6 Å². The molecule has 2 aromatic heterocycles. The Labute approximate surface area is 219 Å². The number of Topliss-reactive ketones (excluding diaryl/α,β-unsaturated/α-hetero) is 1. The van der Waals surface area contributed by atoms with Crippen molar-refractivity contribution >= 4 is 52.5 Å². The summed E-state index contributed by atoms with van der Waals surface area (Å²) in [5.74, 6) is -1.81. The fourth-order valence-corrected chi connectivity index (χ4v) is 4.12. The zero-order valence-corrected chi connectivity index (χ0v) is 20.8. The SMILES string of the molecule is Cc1[nH]c2ccc(N(CC(=O)O)C(=O)c3ccccn3)cc2c1C(=O)CCc1ccc(C(=N)N)cc1.Cl. The summed E-state index contributed by atoms with van der Waals surface area (Å²) >= 11 is 0. The minimum atomic E-state index is -1.17. The molecule has 0 atom stereocenters. The lowest BCUT2D eigenvalue weighted by Gasteiger charge is -2.20. The van der Waals surface area contributed by atoms with Gasteiger partial charge < -0.3 is 15.8 Å². The fourth-order valence-electron chi connectivity index (χ4n) is 4.12. The number of nitrogens with one attached hydrogen (secondary N) is 2. The fraction of sp³-hybridized carbons (Fsp3) is 0.148. The summed E-state index contributed by atoms with van der Waals surface area (Å²) < 4.78 is 0. The van der Waals surface area contributed by atoms with E-state index in [9.17, 15) is 19.5 Å². The number of anilines is 1. The van der Waals surface area contributed by atoms with Crippen LogP contribution in [0.25, 0.3) is 10.9 Å². The maximum Gasteiger partial charge on any atom is 0.323 e. The number of nitrogens with zero attached hydrogens (tertiary/aromatic N) is 2. The molecule has 9 nitrogen and oxygen atoms in total. The predicted molar refractivity (Wildman–Crippen MR) is 144 cm³/mol. The van der Waals surface area contributed by atoms with Crippen LogP contribution in [0.2, 0.25) is 0 Å². The number of aromatic nitrogens is 2. The van der Waals surface area contributed by atoms with Crippen molar-refractivity contribution in [3.63, 3.8) is 0 Å². The maximum atomic E-state index is 13.2. The number of halogens is 1. The molecule has 4 rings (SSSR count). The highest BCUT2D eigenvalue weighted by Crippen LogP contribution is 2.29. The third kappa shape index (κ3) is 6.02. The molecule has 10 heteroatoms. The predicted octanol–water partition coefficient (Wildman–Crippen LogP) is 4.12. The number of hydrogen-bond donors (Lipinski definition) is 4. The molecule has 2 aromatic carbocycles. The largest absolute Gasteiger partial charge is 0.480 e. The highest BCUT2D eigenvalue weighted by Gasteiger charge is 2.23. The number of H-pyrrole nitrogens is 1. The summed E-state index contributed by atoms with van der Waals surface area (Å²) in [5, 5.41) is 17.5. The van der Waals surface area contributed by atoms with E-state index in [1.54, 1.807) is 42.5 Å². The number of ketones is 1. The molecule has 0 aliphatic rings. The average Bonchev–Trinajstić information content (AvgIpc) is 3.21. The molecule has 0 saturated heterocycles. The summed E-state index contributed by atoms with van der Waals surface area (Å²) in [7, 11) is 0. The molecule has 37 heavy (non-hydrogen) atoms. The Morgan fingerprint density at radius 1 is 1.08 bits per heavy atom. The third-order valence-corrected chi connectivity index (χ3v) is 5.89. The van der Waals surface area contributed by atoms with Crippen LogP contribution in [-0.4, -0.2) is 45.1 Å². The van der Waals surface area contributed by atoms with E-state index in [0.717, 1.165) is 10.5 Å². The van der Waals surface area contributed by atoms with Crippen molar-refractivity contribution in [2.75, 3.05) is 11.4 Å². The van der Waals surface area contributed by atoms with Gasteiger partial charge in [0.1, 0.15) is 18.1 Å². The number of carbonyl (C=O) groups is 3. The standard InChI is InChI=1S/C27H25N5O4.ClH/c1-16-25(23(33)12-7-17-5-8-18(9-6-17)26(28)29)20-14-19(10-11-21(20)31-16)32(15-24(34)35)27(36)22-4-2-3-13-30-22;/h2-6,8-11,13-14,31H,7,12,15H2,1H3,(H3,28,29)(H,34,35);1H. The van der Waals surface area contributed by atoms with Crippen molar-refractivity contribution in [3.05, 3.63) is 94.9 Å². The van der Waals surface area contributed by atoms with Crippen LogP contribution in [-0.2, 0) is 11.2 Å². The Balaban J connectivity index is 0.00000380. The molecule has 0 bridgehead atoms. The van der Waals surface area contributed by atoms with E-state index in [1.807, 2.05) is 19.1 Å². The number of aryl methyl sites for hydroxylation is 2. The molecule has 1 amide bonds. The molecule has 0 spiro atoms. The number of fused-ring (bicyclic) bond motifs is 1. The van der Waals surface area contributed by atoms with Gasteiger partial charge in [-0.2, -0.15) is 0 Å². The number of carboxylic acid groups (broad SMARTS) is 1. The Kier molecular flexibility index (Phi) is 8.41. The first-order valence-corrected chi connectivity index (χ1v) is 11.3. The van der Waals surface area contributed by atoms with Crippen LogP contribution in [0.3, 0.4) is 0 Å². The van der Waals surface area contributed by atoms with Gasteiger partial charge in [0.25, 0.3) is 5.91 Å². The number of nitrogen functional groups attached to an aromatic ring is 1. The van der Waals surface area contributed by atoms with Crippen molar-refractivity contribution in [3.8, 4) is 0 Å². The minimum absolute atomic E-state index is 0. The van der Waals surface area contributed by atoms with E-state index in [2.05, 4.69) is 9.97 Å². The van der Waals surface area contributed by atoms with Gasteiger partial charge in [0.2, 0.25) is 0 Å². The molecule has 0 aliphatic heterocycles. The van der Waals surface area contributed by atoms with Gasteiger partial charge in [0.05, 0.1) is 0 Å². The molecule has 0 radical (unpaired) electrons. The van der Waals surface area contributed by atoms with Crippen LogP contribution in [0, 0.1) is 12.3 Å². The normalized spacial score (nSPS) is 10.5. The summed E-state index contributed by atoms with van der Waals surface area (Å²) in [5.41, 5.74) is 9.45. The number of nitrogens with two attached hydrogens (primary N) is 1. The molecule has 0 fully saturated rings. The minimum Gasteiger partial charge on any atom is -0.480 e. The van der Waals surface area contributed by atoms with Gasteiger partial charge in [0, 0.05) is 46.0 Å². The van der Waals surface area contributed by atoms with E-state index < -0.39 is 18.4 Å². The number of rotatable bonds is 9. The van der Waals surface area contributed by atoms with E-state index in [1.165, 1.54) is 12.3 Å². The summed E-state index contributed by atoms with van der Waals surface area (Å²) in [4.78, 5) is 46.3. The van der Waals surface area contributed by atoms with Gasteiger partial charge in [-0.15, -0.1) is 12.4 Å². The van der Waals surface area contributed by atoms with Gasteiger partial charge in [0.15, 0.2) is 5.78 Å². The van der Waals surface area contributed by atoms with Crippen LogP contribution in [0.4, 0.5) is 5.69 Å². The maximum absolute atomic E-state index is 13.2. The lowest BCUT2D eigenvalue weighted by atomic mass is 9.99. The number of pyridine rings is 1. The molecule has 190 valence electrons. The summed E-state index contributed by atoms with van der Waals surface area (Å²) in [6.45, 7) is 1.26. The second-order valence-electron chi connectivity index (χ2n) is 8.39. The highest BCUT2D eigenvalue weighted by atomic mass is 35.5. The molecular weight excluding hydrogens is 494 g/mol. The Morgan fingerprint density at radius 2 is 1.81 bits per heavy atom. The average molecular weight is 520 g/mol. The van der Waals surface area contributed by atoms with Gasteiger partial charge in [-0.05, 0) is 49.2 Å². The molecule has 2 heterocycles. The van der Waals surface area contributed by atoms with Gasteiger partial charge in [-0.25, -0.2) is 0 Å².